The van der Waals surface area contributed by atoms with Gasteiger partial charge in [0, 0.05) is 17.1 Å². The maximum Gasteiger partial charge on any atom is 0 e. The van der Waals surface area contributed by atoms with Crippen molar-refractivity contribution in [3.63, 3.8) is 0 Å². The van der Waals surface area contributed by atoms with Crippen molar-refractivity contribution in [1.82, 2.24) is 0 Å². The number of aryl methyl sites for hydroxylation is 1. The van der Waals surface area contributed by atoms with Gasteiger partial charge in [-0.1, -0.05) is 0 Å². The Labute approximate surface area is 159 Å². The Morgan fingerprint density at radius 2 is 1.17 bits per heavy atom. The van der Waals surface area contributed by atoms with Crippen molar-refractivity contribution in [1.29, 1.82) is 0 Å². The third-order valence-electron chi connectivity index (χ3n) is 4.26. The minimum Gasteiger partial charge on any atom is 0 e. The van der Waals surface area contributed by atoms with Gasteiger partial charge in [-0.05, 0) is 0 Å². The summed E-state index contributed by atoms with van der Waals surface area (Å²) in [4.78, 5) is 0. The molecule has 0 spiro atoms. The Morgan fingerprint density at radius 1 is 0.696 bits per heavy atom. The summed E-state index contributed by atoms with van der Waals surface area (Å²) in [7, 11) is -0.915. The van der Waals surface area contributed by atoms with Crippen LogP contribution < -0.4 is 20.3 Å². The van der Waals surface area contributed by atoms with Crippen LogP contribution in [0, 0.1) is 13.8 Å². The maximum atomic E-state index is 2.37. The molecular formula is C20H21CuGeP+. The van der Waals surface area contributed by atoms with E-state index in [9.17, 15) is 0 Å². The summed E-state index contributed by atoms with van der Waals surface area (Å²) in [6.07, 6.45) is 0. The molecule has 0 heterocycles. The Bertz CT molecular complexity index is 733. The number of hydrogen-bond donors (Lipinski definition) is 0. The summed E-state index contributed by atoms with van der Waals surface area (Å²) < 4.78 is 1.57. The molecule has 3 aromatic rings. The molecule has 3 heteroatoms. The predicted octanol–water partition coefficient (Wildman–Crippen LogP) is 2.05. The van der Waals surface area contributed by atoms with Crippen LogP contribution in [0.3, 0.4) is 0 Å². The van der Waals surface area contributed by atoms with Gasteiger partial charge in [0.25, 0.3) is 0 Å². The van der Waals surface area contributed by atoms with Crippen molar-refractivity contribution in [3.8, 4) is 0 Å². The molecule has 0 bridgehead atoms. The van der Waals surface area contributed by atoms with Crippen molar-refractivity contribution in [3.05, 3.63) is 83.9 Å². The zero-order valence-corrected chi connectivity index (χ0v) is 18.3. The number of hydrogen-bond acceptors (Lipinski definition) is 0. The van der Waals surface area contributed by atoms with E-state index in [1.807, 2.05) is 0 Å². The third-order valence-corrected chi connectivity index (χ3v) is 9.75. The van der Waals surface area contributed by atoms with E-state index >= 15 is 0 Å². The van der Waals surface area contributed by atoms with E-state index in [4.69, 9.17) is 0 Å². The molecule has 0 atom stereocenters. The molecule has 0 N–H and O–H groups in total. The summed E-state index contributed by atoms with van der Waals surface area (Å²) in [6.45, 7) is 4.49. The average molecular weight is 429 g/mol. The van der Waals surface area contributed by atoms with Crippen molar-refractivity contribution in [2.45, 2.75) is 13.8 Å². The van der Waals surface area contributed by atoms with Gasteiger partial charge in [-0.25, -0.2) is 0 Å². The fourth-order valence-electron chi connectivity index (χ4n) is 2.80. The van der Waals surface area contributed by atoms with Crippen molar-refractivity contribution in [2.24, 2.45) is 0 Å². The van der Waals surface area contributed by atoms with Gasteiger partial charge in [0.05, 0.1) is 0 Å². The van der Waals surface area contributed by atoms with Crippen molar-refractivity contribution in [2.75, 3.05) is 0 Å². The predicted molar refractivity (Wildman–Crippen MR) is 104 cm³/mol. The molecule has 0 aliphatic carbocycles. The first-order valence-corrected chi connectivity index (χ1v) is 10.6. The van der Waals surface area contributed by atoms with Crippen LogP contribution in [-0.2, 0) is 17.1 Å². The van der Waals surface area contributed by atoms with E-state index in [1.54, 1.807) is 9.70 Å². The molecule has 3 rings (SSSR count). The van der Waals surface area contributed by atoms with Gasteiger partial charge in [-0.3, -0.25) is 0 Å². The molecule has 0 saturated heterocycles. The fraction of sp³-hybridized carbons (Fsp3) is 0.100. The Kier molecular flexibility index (Phi) is 6.68. The number of rotatable bonds is 3. The SMILES string of the molecule is Cc1ccc([PH+](c2ccccc2)c2ccccc2)[c]([GeH2])c1C.[Cu]. The molecule has 2 radical (unpaired) electrons. The second-order valence-electron chi connectivity index (χ2n) is 5.64. The maximum absolute atomic E-state index is 2.37. The number of benzene rings is 3. The van der Waals surface area contributed by atoms with Gasteiger partial charge in [0.1, 0.15) is 0 Å². The van der Waals surface area contributed by atoms with Crippen LogP contribution in [0.5, 0.6) is 0 Å². The molecule has 120 valence electrons. The second kappa shape index (κ2) is 8.31. The van der Waals surface area contributed by atoms with E-state index in [0.717, 1.165) is 0 Å². The average Bonchev–Trinajstić information content (AvgIpc) is 2.57. The molecule has 23 heavy (non-hydrogen) atoms. The summed E-state index contributed by atoms with van der Waals surface area (Å²) in [6, 6.07) is 26.7. The van der Waals surface area contributed by atoms with Crippen LogP contribution in [0.4, 0.5) is 0 Å². The minimum absolute atomic E-state index is 0. The van der Waals surface area contributed by atoms with E-state index in [1.165, 1.54) is 38.3 Å². The second-order valence-corrected chi connectivity index (χ2v) is 9.57. The van der Waals surface area contributed by atoms with Crippen LogP contribution >= 0.6 is 7.92 Å². The quantitative estimate of drug-likeness (QED) is 0.443. The van der Waals surface area contributed by atoms with E-state index in [0.29, 0.717) is 0 Å². The Hall–Kier alpha value is -0.848. The fourth-order valence-corrected chi connectivity index (χ4v) is 7.49. The summed E-state index contributed by atoms with van der Waals surface area (Å²) in [5, 5.41) is 4.50. The third kappa shape index (κ3) is 3.98. The smallest absolute Gasteiger partial charge is 0 e. The molecule has 0 aliphatic heterocycles. The largest absolute Gasteiger partial charge is 0 e. The summed E-state index contributed by atoms with van der Waals surface area (Å²) in [5.74, 6) is 0. The van der Waals surface area contributed by atoms with Gasteiger partial charge in [-0.2, -0.15) is 0 Å². The topological polar surface area (TPSA) is 0 Å². The van der Waals surface area contributed by atoms with E-state index in [-0.39, 0.29) is 17.1 Å². The molecule has 3 aromatic carbocycles. The zero-order valence-electron chi connectivity index (χ0n) is 13.4. The van der Waals surface area contributed by atoms with Gasteiger partial charge in [0.2, 0.25) is 0 Å². The standard InChI is InChI=1S/C20H20GeP.Cu/c1-15-13-14-19(20(21)16(15)2)22(17-9-5-3-6-10-17)18-11-7-4-8-12-18;/h3-14H,21H2,1-2H3;/p+1. The van der Waals surface area contributed by atoms with Gasteiger partial charge in [-0.15, -0.1) is 0 Å². The Balaban J connectivity index is 0.00000192. The molecule has 0 nitrogen and oxygen atoms in total. The first-order chi connectivity index (χ1) is 10.7. The van der Waals surface area contributed by atoms with Crippen LogP contribution in [0.15, 0.2) is 72.8 Å². The monoisotopic (exact) mass is 429 g/mol. The van der Waals surface area contributed by atoms with E-state index < -0.39 is 7.92 Å². The Morgan fingerprint density at radius 3 is 1.65 bits per heavy atom. The first-order valence-electron chi connectivity index (χ1n) is 7.59. The summed E-state index contributed by atoms with van der Waals surface area (Å²) >= 11 is 1.22. The van der Waals surface area contributed by atoms with E-state index in [2.05, 4.69) is 86.6 Å². The van der Waals surface area contributed by atoms with Crippen molar-refractivity contribution < 1.29 is 17.1 Å². The molecule has 0 fully saturated rings. The molecule has 0 unspecified atom stereocenters. The van der Waals surface area contributed by atoms with Crippen molar-refractivity contribution >= 4 is 44.7 Å². The van der Waals surface area contributed by atoms with Crippen LogP contribution in [-0.4, -0.2) is 16.5 Å². The van der Waals surface area contributed by atoms with Gasteiger partial charge in [0.15, 0.2) is 0 Å². The summed E-state index contributed by atoms with van der Waals surface area (Å²) in [5.41, 5.74) is 2.89. The molecular weight excluding hydrogens is 407 g/mol. The minimum atomic E-state index is -0.915. The molecule has 0 aromatic heterocycles. The van der Waals surface area contributed by atoms with Crippen LogP contribution in [0.2, 0.25) is 0 Å². The van der Waals surface area contributed by atoms with Gasteiger partial charge < -0.3 is 0 Å². The van der Waals surface area contributed by atoms with Crippen LogP contribution in [0.25, 0.3) is 0 Å². The molecule has 0 aliphatic rings. The first kappa shape index (κ1) is 18.5. The molecule has 0 saturated carbocycles. The molecule has 0 amide bonds. The van der Waals surface area contributed by atoms with Crippen LogP contribution in [0.1, 0.15) is 11.1 Å². The zero-order chi connectivity index (χ0) is 15.5. The van der Waals surface area contributed by atoms with Gasteiger partial charge >= 0.3 is 143 Å². The normalized spacial score (nSPS) is 10.4.